The summed E-state index contributed by atoms with van der Waals surface area (Å²) in [4.78, 5) is 18.2. The van der Waals surface area contributed by atoms with Crippen molar-refractivity contribution in [1.29, 1.82) is 5.53 Å². The molecule has 0 aliphatic rings. The lowest BCUT2D eigenvalue weighted by atomic mass is 10.2. The average molecular weight is 188 g/mol. The number of fused-ring (bicyclic) bond motifs is 1. The van der Waals surface area contributed by atoms with Crippen LogP contribution in [0, 0.1) is 5.53 Å². The largest absolute Gasteiger partial charge is 0.308 e. The normalized spacial score (nSPS) is 10.3. The first-order chi connectivity index (χ1) is 6.81. The maximum Gasteiger partial charge on any atom is 0.258 e. The number of nitrogens with zero attached hydrogens (tertiary/aromatic N) is 2. The molecule has 0 saturated carbocycles. The van der Waals surface area contributed by atoms with Gasteiger partial charge in [0.2, 0.25) is 0 Å². The molecule has 0 aliphatic heterocycles. The van der Waals surface area contributed by atoms with Crippen LogP contribution in [0.25, 0.3) is 10.9 Å². The predicted molar refractivity (Wildman–Crippen MR) is 51.2 cm³/mol. The Morgan fingerprint density at radius 3 is 3.00 bits per heavy atom. The van der Waals surface area contributed by atoms with E-state index in [4.69, 9.17) is 5.53 Å². The quantitative estimate of drug-likeness (QED) is 0.699. The zero-order chi connectivity index (χ0) is 9.97. The third kappa shape index (κ3) is 1.39. The van der Waals surface area contributed by atoms with Crippen LogP contribution in [0.4, 0.5) is 0 Å². The lowest BCUT2D eigenvalue weighted by molar-refractivity contribution is 0.833. The Labute approximate surface area is 79.3 Å². The smallest absolute Gasteiger partial charge is 0.258 e. The summed E-state index contributed by atoms with van der Waals surface area (Å²) in [5, 5.41) is 3.73. The first-order valence-electron chi connectivity index (χ1n) is 4.12. The van der Waals surface area contributed by atoms with Crippen LogP contribution in [0.3, 0.4) is 0 Å². The second-order valence-electron chi connectivity index (χ2n) is 2.85. The highest BCUT2D eigenvalue weighted by atomic mass is 16.1. The fraction of sp³-hybridized carbons (Fsp3) is 0.111. The minimum atomic E-state index is -0.186. The Morgan fingerprint density at radius 1 is 1.43 bits per heavy atom. The van der Waals surface area contributed by atoms with E-state index in [0.717, 1.165) is 0 Å². The highest BCUT2D eigenvalue weighted by Gasteiger charge is 2.01. The predicted octanol–water partition coefficient (Wildman–Crippen LogP) is 1.45. The maximum atomic E-state index is 11.5. The monoisotopic (exact) mass is 188 g/mol. The van der Waals surface area contributed by atoms with Gasteiger partial charge in [0.25, 0.3) is 5.56 Å². The molecule has 0 unspecified atom stereocenters. The van der Waals surface area contributed by atoms with Gasteiger partial charge in [-0.2, -0.15) is 5.11 Å². The molecule has 0 atom stereocenters. The summed E-state index contributed by atoms with van der Waals surface area (Å²) in [6.45, 7) is 0.111. The second kappa shape index (κ2) is 3.37. The number of para-hydroxylation sites is 1. The van der Waals surface area contributed by atoms with E-state index in [1.807, 2.05) is 6.07 Å². The molecule has 1 aromatic heterocycles. The molecule has 0 radical (unpaired) electrons. The molecule has 2 aromatic rings. The zero-order valence-electron chi connectivity index (χ0n) is 7.32. The van der Waals surface area contributed by atoms with Crippen LogP contribution >= 0.6 is 0 Å². The molecule has 0 aliphatic carbocycles. The minimum Gasteiger partial charge on any atom is -0.308 e. The summed E-state index contributed by atoms with van der Waals surface area (Å²) < 4.78 is 0. The lowest BCUT2D eigenvalue weighted by Crippen LogP contribution is -2.11. The summed E-state index contributed by atoms with van der Waals surface area (Å²) in [7, 11) is 0. The van der Waals surface area contributed by atoms with E-state index < -0.39 is 0 Å². The van der Waals surface area contributed by atoms with Crippen molar-refractivity contribution in [3.8, 4) is 0 Å². The van der Waals surface area contributed by atoms with E-state index in [2.05, 4.69) is 15.1 Å². The van der Waals surface area contributed by atoms with Crippen molar-refractivity contribution in [1.82, 2.24) is 9.97 Å². The number of benzene rings is 1. The average Bonchev–Trinajstić information content (AvgIpc) is 2.18. The first-order valence-corrected chi connectivity index (χ1v) is 4.12. The van der Waals surface area contributed by atoms with Crippen LogP contribution in [-0.2, 0) is 6.54 Å². The maximum absolute atomic E-state index is 11.5. The Morgan fingerprint density at radius 2 is 2.21 bits per heavy atom. The fourth-order valence-corrected chi connectivity index (χ4v) is 1.28. The van der Waals surface area contributed by atoms with Crippen molar-refractivity contribution >= 4 is 10.9 Å². The molecule has 0 saturated heterocycles. The molecular formula is C9H8N4O. The highest BCUT2D eigenvalue weighted by molar-refractivity contribution is 5.77. The van der Waals surface area contributed by atoms with Crippen LogP contribution in [0.15, 0.2) is 34.2 Å². The van der Waals surface area contributed by atoms with Crippen LogP contribution < -0.4 is 5.56 Å². The highest BCUT2D eigenvalue weighted by Crippen LogP contribution is 2.05. The number of nitrogens with one attached hydrogen (secondary N) is 2. The Hall–Kier alpha value is -2.04. The summed E-state index contributed by atoms with van der Waals surface area (Å²) in [5.41, 5.74) is 7.13. The van der Waals surface area contributed by atoms with Crippen molar-refractivity contribution in [3.05, 3.63) is 40.4 Å². The van der Waals surface area contributed by atoms with Gasteiger partial charge in [-0.05, 0) is 12.1 Å². The molecule has 5 heteroatoms. The van der Waals surface area contributed by atoms with Gasteiger partial charge in [0.05, 0.1) is 10.9 Å². The summed E-state index contributed by atoms with van der Waals surface area (Å²) in [6, 6.07) is 7.07. The van der Waals surface area contributed by atoms with E-state index in [9.17, 15) is 4.79 Å². The second-order valence-corrected chi connectivity index (χ2v) is 2.85. The molecule has 1 aromatic carbocycles. The molecular weight excluding hydrogens is 180 g/mol. The minimum absolute atomic E-state index is 0.111. The summed E-state index contributed by atoms with van der Waals surface area (Å²) in [6.07, 6.45) is 0. The standard InChI is InChI=1S/C9H8N4O/c10-11-5-8-12-7-4-2-1-3-6(7)9(14)13-8/h1-4,10H,5H2,(H,12,13,14). The Kier molecular flexibility index (Phi) is 2.06. The van der Waals surface area contributed by atoms with Gasteiger partial charge in [0.1, 0.15) is 12.4 Å². The van der Waals surface area contributed by atoms with Gasteiger partial charge in [-0.25, -0.2) is 10.5 Å². The molecule has 0 amide bonds. The van der Waals surface area contributed by atoms with Crippen LogP contribution in [0.1, 0.15) is 5.82 Å². The van der Waals surface area contributed by atoms with E-state index in [-0.39, 0.29) is 12.1 Å². The van der Waals surface area contributed by atoms with Gasteiger partial charge >= 0.3 is 0 Å². The van der Waals surface area contributed by atoms with Gasteiger partial charge in [-0.1, -0.05) is 12.1 Å². The van der Waals surface area contributed by atoms with Crippen molar-refractivity contribution in [2.45, 2.75) is 6.54 Å². The van der Waals surface area contributed by atoms with Crippen LogP contribution in [-0.4, -0.2) is 9.97 Å². The third-order valence-electron chi connectivity index (χ3n) is 1.89. The fourth-order valence-electron chi connectivity index (χ4n) is 1.28. The summed E-state index contributed by atoms with van der Waals surface area (Å²) >= 11 is 0. The van der Waals surface area contributed by atoms with Crippen molar-refractivity contribution in [2.24, 2.45) is 5.11 Å². The number of hydrogen-bond acceptors (Lipinski definition) is 4. The zero-order valence-corrected chi connectivity index (χ0v) is 7.32. The summed E-state index contributed by atoms with van der Waals surface area (Å²) in [5.74, 6) is 0.420. The number of aromatic nitrogens is 2. The molecule has 70 valence electrons. The van der Waals surface area contributed by atoms with Gasteiger partial charge in [0.15, 0.2) is 0 Å². The number of H-pyrrole nitrogens is 1. The van der Waals surface area contributed by atoms with E-state index in [1.165, 1.54) is 0 Å². The molecule has 5 nitrogen and oxygen atoms in total. The van der Waals surface area contributed by atoms with Gasteiger partial charge in [-0.3, -0.25) is 4.79 Å². The van der Waals surface area contributed by atoms with E-state index in [1.54, 1.807) is 18.2 Å². The topological polar surface area (TPSA) is 82.0 Å². The van der Waals surface area contributed by atoms with Crippen molar-refractivity contribution in [2.75, 3.05) is 0 Å². The molecule has 0 bridgehead atoms. The number of aromatic amines is 1. The van der Waals surface area contributed by atoms with Crippen molar-refractivity contribution in [3.63, 3.8) is 0 Å². The van der Waals surface area contributed by atoms with Gasteiger partial charge < -0.3 is 4.98 Å². The number of hydrogen-bond donors (Lipinski definition) is 2. The van der Waals surface area contributed by atoms with E-state index in [0.29, 0.717) is 16.7 Å². The van der Waals surface area contributed by atoms with Gasteiger partial charge in [0, 0.05) is 0 Å². The molecule has 1 heterocycles. The lowest BCUT2D eigenvalue weighted by Gasteiger charge is -1.98. The SMILES string of the molecule is N=NCc1nc2ccccc2c(=O)[nH]1. The molecule has 14 heavy (non-hydrogen) atoms. The Balaban J connectivity index is 2.72. The van der Waals surface area contributed by atoms with E-state index >= 15 is 0 Å². The molecule has 2 N–H and O–H groups in total. The third-order valence-corrected chi connectivity index (χ3v) is 1.89. The molecule has 0 fully saturated rings. The first kappa shape index (κ1) is 8.55. The number of rotatable bonds is 2. The van der Waals surface area contributed by atoms with Gasteiger partial charge in [-0.15, -0.1) is 0 Å². The molecule has 0 spiro atoms. The van der Waals surface area contributed by atoms with Crippen LogP contribution in [0.2, 0.25) is 0 Å². The molecule has 2 rings (SSSR count). The van der Waals surface area contributed by atoms with Crippen LogP contribution in [0.5, 0.6) is 0 Å². The van der Waals surface area contributed by atoms with Crippen molar-refractivity contribution < 1.29 is 0 Å². The Bertz CT molecular complexity index is 532.